The third-order valence-electron chi connectivity index (χ3n) is 3.39. The summed E-state index contributed by atoms with van der Waals surface area (Å²) in [6.45, 7) is 0. The molecule has 3 rings (SSSR count). The van der Waals surface area contributed by atoms with Gasteiger partial charge in [0.25, 0.3) is 0 Å². The van der Waals surface area contributed by atoms with E-state index in [2.05, 4.69) is 54.6 Å². The lowest BCUT2D eigenvalue weighted by atomic mass is 9.99. The Morgan fingerprint density at radius 3 is 2.00 bits per heavy atom. The average Bonchev–Trinajstić information content (AvgIpc) is 2.48. The summed E-state index contributed by atoms with van der Waals surface area (Å²) < 4.78 is 0. The van der Waals surface area contributed by atoms with Gasteiger partial charge in [0.1, 0.15) is 0 Å². The lowest BCUT2D eigenvalue weighted by Gasteiger charge is -2.06. The fourth-order valence-corrected chi connectivity index (χ4v) is 2.43. The van der Waals surface area contributed by atoms with Crippen molar-refractivity contribution in [2.75, 3.05) is 5.73 Å². The van der Waals surface area contributed by atoms with Crippen molar-refractivity contribution in [1.29, 1.82) is 0 Å². The Kier molecular flexibility index (Phi) is 3.51. The topological polar surface area (TPSA) is 26.0 Å². The Balaban J connectivity index is 1.88. The van der Waals surface area contributed by atoms with Crippen LogP contribution in [0.4, 0.5) is 5.69 Å². The lowest BCUT2D eigenvalue weighted by Crippen LogP contribution is -1.91. The number of anilines is 1. The first-order chi connectivity index (χ1) is 9.81. The SMILES string of the molecule is Nc1cccc(Cc2cccc(-c3ccccc3)c2)c1. The van der Waals surface area contributed by atoms with E-state index in [4.69, 9.17) is 5.73 Å². The summed E-state index contributed by atoms with van der Waals surface area (Å²) in [6.07, 6.45) is 0.908. The summed E-state index contributed by atoms with van der Waals surface area (Å²) in [5.74, 6) is 0. The number of hydrogen-bond acceptors (Lipinski definition) is 1. The molecule has 0 aliphatic carbocycles. The second-order valence-corrected chi connectivity index (χ2v) is 4.99. The molecule has 1 heteroatoms. The average molecular weight is 259 g/mol. The van der Waals surface area contributed by atoms with Crippen LogP contribution in [-0.4, -0.2) is 0 Å². The molecule has 98 valence electrons. The van der Waals surface area contributed by atoms with E-state index in [9.17, 15) is 0 Å². The summed E-state index contributed by atoms with van der Waals surface area (Å²) in [5, 5.41) is 0. The molecular weight excluding hydrogens is 242 g/mol. The van der Waals surface area contributed by atoms with E-state index in [-0.39, 0.29) is 0 Å². The van der Waals surface area contributed by atoms with E-state index in [1.165, 1.54) is 22.3 Å². The van der Waals surface area contributed by atoms with Gasteiger partial charge in [-0.2, -0.15) is 0 Å². The fraction of sp³-hybridized carbons (Fsp3) is 0.0526. The van der Waals surface area contributed by atoms with E-state index >= 15 is 0 Å². The van der Waals surface area contributed by atoms with Gasteiger partial charge in [0.15, 0.2) is 0 Å². The van der Waals surface area contributed by atoms with Crippen molar-refractivity contribution in [3.63, 3.8) is 0 Å². The van der Waals surface area contributed by atoms with Crippen molar-refractivity contribution < 1.29 is 0 Å². The van der Waals surface area contributed by atoms with Crippen molar-refractivity contribution in [2.45, 2.75) is 6.42 Å². The number of hydrogen-bond donors (Lipinski definition) is 1. The van der Waals surface area contributed by atoms with Crippen LogP contribution in [0, 0.1) is 0 Å². The summed E-state index contributed by atoms with van der Waals surface area (Å²) in [7, 11) is 0. The molecule has 0 aliphatic heterocycles. The predicted molar refractivity (Wildman–Crippen MR) is 85.5 cm³/mol. The van der Waals surface area contributed by atoms with E-state index in [0.29, 0.717) is 0 Å². The zero-order valence-corrected chi connectivity index (χ0v) is 11.3. The van der Waals surface area contributed by atoms with Crippen LogP contribution in [0.15, 0.2) is 78.9 Å². The Bertz CT molecular complexity index is 702. The maximum absolute atomic E-state index is 5.83. The highest BCUT2D eigenvalue weighted by Gasteiger charge is 2.00. The zero-order valence-electron chi connectivity index (χ0n) is 11.3. The number of nitrogen functional groups attached to an aromatic ring is 1. The van der Waals surface area contributed by atoms with E-state index < -0.39 is 0 Å². The van der Waals surface area contributed by atoms with E-state index in [1.807, 2.05) is 24.3 Å². The number of nitrogens with two attached hydrogens (primary N) is 1. The van der Waals surface area contributed by atoms with Crippen molar-refractivity contribution in [3.05, 3.63) is 90.0 Å². The number of benzene rings is 3. The van der Waals surface area contributed by atoms with Crippen LogP contribution in [0.3, 0.4) is 0 Å². The molecule has 0 unspecified atom stereocenters. The van der Waals surface area contributed by atoms with E-state index in [1.54, 1.807) is 0 Å². The maximum Gasteiger partial charge on any atom is 0.0316 e. The minimum atomic E-state index is 0.821. The highest BCUT2D eigenvalue weighted by molar-refractivity contribution is 5.64. The van der Waals surface area contributed by atoms with Gasteiger partial charge in [0.2, 0.25) is 0 Å². The van der Waals surface area contributed by atoms with Gasteiger partial charge in [0.05, 0.1) is 0 Å². The summed E-state index contributed by atoms with van der Waals surface area (Å²) >= 11 is 0. The minimum Gasteiger partial charge on any atom is -0.399 e. The van der Waals surface area contributed by atoms with Crippen molar-refractivity contribution in [2.24, 2.45) is 0 Å². The Morgan fingerprint density at radius 2 is 1.25 bits per heavy atom. The highest BCUT2D eigenvalue weighted by atomic mass is 14.5. The molecule has 0 spiro atoms. The van der Waals surface area contributed by atoms with Crippen molar-refractivity contribution in [3.8, 4) is 11.1 Å². The zero-order chi connectivity index (χ0) is 13.8. The fourth-order valence-electron chi connectivity index (χ4n) is 2.43. The summed E-state index contributed by atoms with van der Waals surface area (Å²) in [5.41, 5.74) is 11.7. The molecule has 0 saturated carbocycles. The molecule has 0 heterocycles. The largest absolute Gasteiger partial charge is 0.399 e. The third kappa shape index (κ3) is 2.89. The van der Waals surface area contributed by atoms with Crippen LogP contribution in [-0.2, 0) is 6.42 Å². The third-order valence-corrected chi connectivity index (χ3v) is 3.39. The first-order valence-corrected chi connectivity index (χ1v) is 6.80. The van der Waals surface area contributed by atoms with Gasteiger partial charge in [-0.15, -0.1) is 0 Å². The molecule has 0 aromatic heterocycles. The van der Waals surface area contributed by atoms with Gasteiger partial charge in [-0.05, 0) is 40.8 Å². The summed E-state index contributed by atoms with van der Waals surface area (Å²) in [6, 6.07) is 27.2. The van der Waals surface area contributed by atoms with E-state index in [0.717, 1.165) is 12.1 Å². The van der Waals surface area contributed by atoms with Crippen LogP contribution in [0.2, 0.25) is 0 Å². The molecule has 3 aromatic carbocycles. The van der Waals surface area contributed by atoms with Crippen molar-refractivity contribution in [1.82, 2.24) is 0 Å². The lowest BCUT2D eigenvalue weighted by molar-refractivity contribution is 1.20. The number of rotatable bonds is 3. The molecule has 0 saturated heterocycles. The van der Waals surface area contributed by atoms with Gasteiger partial charge in [-0.25, -0.2) is 0 Å². The molecule has 0 atom stereocenters. The van der Waals surface area contributed by atoms with Crippen LogP contribution < -0.4 is 5.73 Å². The van der Waals surface area contributed by atoms with Crippen molar-refractivity contribution >= 4 is 5.69 Å². The van der Waals surface area contributed by atoms with Gasteiger partial charge < -0.3 is 5.73 Å². The molecule has 2 N–H and O–H groups in total. The first kappa shape index (κ1) is 12.5. The van der Waals surface area contributed by atoms with Crippen LogP contribution in [0.25, 0.3) is 11.1 Å². The van der Waals surface area contributed by atoms with Gasteiger partial charge in [0, 0.05) is 5.69 Å². The molecular formula is C19H17N. The molecule has 0 amide bonds. The van der Waals surface area contributed by atoms with Crippen LogP contribution >= 0.6 is 0 Å². The quantitative estimate of drug-likeness (QED) is 0.687. The minimum absolute atomic E-state index is 0.821. The van der Waals surface area contributed by atoms with Gasteiger partial charge in [-0.3, -0.25) is 0 Å². The van der Waals surface area contributed by atoms with Crippen LogP contribution in [0.1, 0.15) is 11.1 Å². The second kappa shape index (κ2) is 5.62. The first-order valence-electron chi connectivity index (χ1n) is 6.80. The molecule has 0 fully saturated rings. The standard InChI is InChI=1S/C19H17N/c20-19-11-5-7-16(14-19)12-15-6-4-10-18(13-15)17-8-2-1-3-9-17/h1-11,13-14H,12,20H2. The summed E-state index contributed by atoms with van der Waals surface area (Å²) in [4.78, 5) is 0. The molecule has 0 aliphatic rings. The normalized spacial score (nSPS) is 10.4. The van der Waals surface area contributed by atoms with Gasteiger partial charge in [-0.1, -0.05) is 66.7 Å². The molecule has 3 aromatic rings. The maximum atomic E-state index is 5.83. The smallest absolute Gasteiger partial charge is 0.0316 e. The van der Waals surface area contributed by atoms with Gasteiger partial charge >= 0.3 is 0 Å². The molecule has 1 nitrogen and oxygen atoms in total. The predicted octanol–water partition coefficient (Wildman–Crippen LogP) is 4.53. The molecule has 0 radical (unpaired) electrons. The molecule has 0 bridgehead atoms. The van der Waals surface area contributed by atoms with Crippen LogP contribution in [0.5, 0.6) is 0 Å². The second-order valence-electron chi connectivity index (χ2n) is 4.99. The Hall–Kier alpha value is -2.54. The highest BCUT2D eigenvalue weighted by Crippen LogP contribution is 2.21. The Labute approximate surface area is 119 Å². The Morgan fingerprint density at radius 1 is 0.600 bits per heavy atom. The monoisotopic (exact) mass is 259 g/mol. The molecule has 20 heavy (non-hydrogen) atoms.